The molecule has 2 nitrogen and oxygen atoms in total. The molecule has 1 aromatic carbocycles. The van der Waals surface area contributed by atoms with E-state index in [9.17, 15) is 0 Å². The van der Waals surface area contributed by atoms with E-state index in [0.29, 0.717) is 6.04 Å². The van der Waals surface area contributed by atoms with E-state index in [2.05, 4.69) is 40.7 Å². The van der Waals surface area contributed by atoms with Crippen LogP contribution in [0.3, 0.4) is 0 Å². The van der Waals surface area contributed by atoms with E-state index in [1.54, 1.807) is 0 Å². The van der Waals surface area contributed by atoms with Gasteiger partial charge < -0.3 is 5.73 Å². The maximum atomic E-state index is 5.86. The molecule has 2 rings (SSSR count). The SMILES string of the molecule is CC1CCC(C)N(Cc2cc(N)ccc2Br)C1. The Kier molecular flexibility index (Phi) is 4.10. The molecule has 1 fully saturated rings. The Morgan fingerprint density at radius 1 is 1.35 bits per heavy atom. The first-order valence-electron chi connectivity index (χ1n) is 6.34. The Balaban J connectivity index is 2.11. The monoisotopic (exact) mass is 296 g/mol. The van der Waals surface area contributed by atoms with E-state index in [4.69, 9.17) is 5.73 Å². The average molecular weight is 297 g/mol. The molecule has 1 aromatic rings. The summed E-state index contributed by atoms with van der Waals surface area (Å²) < 4.78 is 1.16. The molecule has 0 amide bonds. The molecule has 1 saturated heterocycles. The van der Waals surface area contributed by atoms with Gasteiger partial charge in [-0.2, -0.15) is 0 Å². The van der Waals surface area contributed by atoms with Crippen LogP contribution in [-0.2, 0) is 6.54 Å². The lowest BCUT2D eigenvalue weighted by Gasteiger charge is -2.37. The molecule has 0 saturated carbocycles. The Morgan fingerprint density at radius 2 is 2.12 bits per heavy atom. The Hall–Kier alpha value is -0.540. The number of anilines is 1. The second-order valence-corrected chi connectivity index (χ2v) is 6.17. The zero-order valence-electron chi connectivity index (χ0n) is 10.6. The first-order chi connectivity index (χ1) is 8.06. The highest BCUT2D eigenvalue weighted by Gasteiger charge is 2.23. The van der Waals surface area contributed by atoms with Crippen LogP contribution in [0, 0.1) is 5.92 Å². The summed E-state index contributed by atoms with van der Waals surface area (Å²) in [5, 5.41) is 0. The number of halogens is 1. The number of nitrogen functional groups attached to an aromatic ring is 1. The third kappa shape index (κ3) is 3.23. The van der Waals surface area contributed by atoms with Crippen molar-refractivity contribution in [3.8, 4) is 0 Å². The summed E-state index contributed by atoms with van der Waals surface area (Å²) in [4.78, 5) is 2.56. The summed E-state index contributed by atoms with van der Waals surface area (Å²) in [5.41, 5.74) is 8.00. The summed E-state index contributed by atoms with van der Waals surface area (Å²) in [5.74, 6) is 0.811. The predicted molar refractivity (Wildman–Crippen MR) is 76.8 cm³/mol. The van der Waals surface area contributed by atoms with Gasteiger partial charge in [-0.25, -0.2) is 0 Å². The maximum absolute atomic E-state index is 5.86. The molecule has 0 aromatic heterocycles. The van der Waals surface area contributed by atoms with Gasteiger partial charge in [0.25, 0.3) is 0 Å². The number of rotatable bonds is 2. The van der Waals surface area contributed by atoms with Crippen molar-refractivity contribution in [3.05, 3.63) is 28.2 Å². The van der Waals surface area contributed by atoms with Crippen molar-refractivity contribution >= 4 is 21.6 Å². The number of hydrogen-bond donors (Lipinski definition) is 1. The fraction of sp³-hybridized carbons (Fsp3) is 0.571. The fourth-order valence-corrected chi connectivity index (χ4v) is 2.91. The summed E-state index contributed by atoms with van der Waals surface area (Å²) in [6.07, 6.45) is 2.66. The van der Waals surface area contributed by atoms with Gasteiger partial charge in [-0.15, -0.1) is 0 Å². The smallest absolute Gasteiger partial charge is 0.0318 e. The van der Waals surface area contributed by atoms with Crippen LogP contribution in [0.2, 0.25) is 0 Å². The van der Waals surface area contributed by atoms with Gasteiger partial charge in [0, 0.05) is 29.3 Å². The molecule has 17 heavy (non-hydrogen) atoms. The number of benzene rings is 1. The molecular weight excluding hydrogens is 276 g/mol. The van der Waals surface area contributed by atoms with E-state index in [-0.39, 0.29) is 0 Å². The molecule has 2 N–H and O–H groups in total. The zero-order valence-corrected chi connectivity index (χ0v) is 12.2. The van der Waals surface area contributed by atoms with Crippen molar-refractivity contribution in [1.29, 1.82) is 0 Å². The number of nitrogens with two attached hydrogens (primary N) is 1. The molecule has 2 atom stereocenters. The van der Waals surface area contributed by atoms with E-state index < -0.39 is 0 Å². The van der Waals surface area contributed by atoms with Crippen molar-refractivity contribution in [2.75, 3.05) is 12.3 Å². The summed E-state index contributed by atoms with van der Waals surface area (Å²) in [6, 6.07) is 6.74. The van der Waals surface area contributed by atoms with Crippen LogP contribution in [0.15, 0.2) is 22.7 Å². The van der Waals surface area contributed by atoms with E-state index in [1.807, 2.05) is 12.1 Å². The molecular formula is C14H21BrN2. The third-order valence-corrected chi connectivity index (χ3v) is 4.46. The summed E-state index contributed by atoms with van der Waals surface area (Å²) in [7, 11) is 0. The number of piperidine rings is 1. The van der Waals surface area contributed by atoms with Crippen LogP contribution in [0.5, 0.6) is 0 Å². The normalized spacial score (nSPS) is 26.1. The van der Waals surface area contributed by atoms with Gasteiger partial charge in [-0.3, -0.25) is 4.90 Å². The molecule has 0 radical (unpaired) electrons. The standard InChI is InChI=1S/C14H21BrN2/c1-10-3-4-11(2)17(8-10)9-12-7-13(16)5-6-14(12)15/h5-7,10-11H,3-4,8-9,16H2,1-2H3. The minimum absolute atomic E-state index is 0.680. The molecule has 1 aliphatic rings. The first-order valence-corrected chi connectivity index (χ1v) is 7.13. The lowest BCUT2D eigenvalue weighted by Crippen LogP contribution is -2.40. The highest BCUT2D eigenvalue weighted by Crippen LogP contribution is 2.26. The molecule has 94 valence electrons. The van der Waals surface area contributed by atoms with Gasteiger partial charge in [0.05, 0.1) is 0 Å². The maximum Gasteiger partial charge on any atom is 0.0318 e. The largest absolute Gasteiger partial charge is 0.399 e. The number of nitrogens with zero attached hydrogens (tertiary/aromatic N) is 1. The number of hydrogen-bond acceptors (Lipinski definition) is 2. The quantitative estimate of drug-likeness (QED) is 0.844. The van der Waals surface area contributed by atoms with Gasteiger partial charge in [0.2, 0.25) is 0 Å². The zero-order chi connectivity index (χ0) is 12.4. The van der Waals surface area contributed by atoms with Crippen LogP contribution in [0.1, 0.15) is 32.3 Å². The van der Waals surface area contributed by atoms with Crippen molar-refractivity contribution in [3.63, 3.8) is 0 Å². The molecule has 1 aliphatic heterocycles. The predicted octanol–water partition coefficient (Wildman–Crippen LogP) is 3.65. The topological polar surface area (TPSA) is 29.3 Å². The van der Waals surface area contributed by atoms with Crippen LogP contribution in [-0.4, -0.2) is 17.5 Å². The number of likely N-dealkylation sites (tertiary alicyclic amines) is 1. The minimum Gasteiger partial charge on any atom is -0.399 e. The van der Waals surface area contributed by atoms with Crippen LogP contribution in [0.25, 0.3) is 0 Å². The Morgan fingerprint density at radius 3 is 2.88 bits per heavy atom. The average Bonchev–Trinajstić information content (AvgIpc) is 2.28. The Labute approximate surface area is 112 Å². The molecule has 0 bridgehead atoms. The van der Waals surface area contributed by atoms with E-state index in [1.165, 1.54) is 24.9 Å². The van der Waals surface area contributed by atoms with Gasteiger partial charge >= 0.3 is 0 Å². The molecule has 2 unspecified atom stereocenters. The van der Waals surface area contributed by atoms with Gasteiger partial charge in [-0.05, 0) is 49.4 Å². The third-order valence-electron chi connectivity index (χ3n) is 3.69. The summed E-state index contributed by atoms with van der Waals surface area (Å²) >= 11 is 3.61. The lowest BCUT2D eigenvalue weighted by atomic mass is 9.94. The van der Waals surface area contributed by atoms with E-state index in [0.717, 1.165) is 22.6 Å². The van der Waals surface area contributed by atoms with Crippen molar-refractivity contribution in [2.24, 2.45) is 5.92 Å². The highest BCUT2D eigenvalue weighted by molar-refractivity contribution is 9.10. The minimum atomic E-state index is 0.680. The summed E-state index contributed by atoms with van der Waals surface area (Å²) in [6.45, 7) is 6.86. The van der Waals surface area contributed by atoms with E-state index >= 15 is 0 Å². The van der Waals surface area contributed by atoms with Gasteiger partial charge in [0.15, 0.2) is 0 Å². The Bertz CT molecular complexity index is 392. The van der Waals surface area contributed by atoms with Gasteiger partial charge in [-0.1, -0.05) is 22.9 Å². The second kappa shape index (κ2) is 5.40. The van der Waals surface area contributed by atoms with Crippen molar-refractivity contribution in [1.82, 2.24) is 4.90 Å². The molecule has 1 heterocycles. The van der Waals surface area contributed by atoms with Crippen LogP contribution >= 0.6 is 15.9 Å². The molecule has 3 heteroatoms. The fourth-order valence-electron chi connectivity index (χ4n) is 2.53. The van der Waals surface area contributed by atoms with Crippen LogP contribution in [0.4, 0.5) is 5.69 Å². The second-order valence-electron chi connectivity index (χ2n) is 5.31. The van der Waals surface area contributed by atoms with Gasteiger partial charge in [0.1, 0.15) is 0 Å². The molecule has 0 aliphatic carbocycles. The van der Waals surface area contributed by atoms with Crippen LogP contribution < -0.4 is 5.73 Å². The lowest BCUT2D eigenvalue weighted by molar-refractivity contribution is 0.117. The van der Waals surface area contributed by atoms with Crippen molar-refractivity contribution < 1.29 is 0 Å². The highest BCUT2D eigenvalue weighted by atomic mass is 79.9. The molecule has 0 spiro atoms. The van der Waals surface area contributed by atoms with Crippen molar-refractivity contribution in [2.45, 2.75) is 39.3 Å². The first kappa shape index (κ1) is 12.9.